The zero-order chi connectivity index (χ0) is 20.9. The fraction of sp³-hybridized carbons (Fsp3) is 0.346. The molecule has 1 N–H and O–H groups in total. The van der Waals surface area contributed by atoms with Crippen LogP contribution in [0.4, 0.5) is 5.69 Å². The molecule has 3 aromatic rings. The number of para-hydroxylation sites is 1. The molecule has 156 valence electrons. The zero-order valence-electron chi connectivity index (χ0n) is 17.9. The van der Waals surface area contributed by atoms with Gasteiger partial charge in [0.25, 0.3) is 5.91 Å². The maximum absolute atomic E-state index is 13.1. The SMILES string of the molecule is CCCCCCCOc1ccc2ccccc2c1C1Nc2ccccc2C(=O)N1C. The third-order valence-corrected chi connectivity index (χ3v) is 5.87. The Morgan fingerprint density at radius 1 is 0.933 bits per heavy atom. The maximum Gasteiger partial charge on any atom is 0.257 e. The molecule has 1 atom stereocenters. The van der Waals surface area contributed by atoms with Crippen molar-refractivity contribution in [2.24, 2.45) is 0 Å². The highest BCUT2D eigenvalue weighted by molar-refractivity contribution is 6.02. The van der Waals surface area contributed by atoms with Gasteiger partial charge in [-0.3, -0.25) is 4.79 Å². The van der Waals surface area contributed by atoms with E-state index in [1.54, 1.807) is 4.90 Å². The van der Waals surface area contributed by atoms with Crippen molar-refractivity contribution in [2.45, 2.75) is 45.2 Å². The van der Waals surface area contributed by atoms with Crippen LogP contribution in [-0.4, -0.2) is 24.5 Å². The highest BCUT2D eigenvalue weighted by atomic mass is 16.5. The van der Waals surface area contributed by atoms with Crippen LogP contribution in [0.1, 0.15) is 61.1 Å². The van der Waals surface area contributed by atoms with Gasteiger partial charge in [-0.2, -0.15) is 0 Å². The summed E-state index contributed by atoms with van der Waals surface area (Å²) < 4.78 is 6.27. The summed E-state index contributed by atoms with van der Waals surface area (Å²) in [5.41, 5.74) is 2.59. The predicted octanol–water partition coefficient (Wildman–Crippen LogP) is 6.39. The Kier molecular flexibility index (Phi) is 6.22. The van der Waals surface area contributed by atoms with Crippen molar-refractivity contribution in [3.63, 3.8) is 0 Å². The van der Waals surface area contributed by atoms with Gasteiger partial charge in [-0.1, -0.05) is 75.1 Å². The highest BCUT2D eigenvalue weighted by Crippen LogP contribution is 2.40. The van der Waals surface area contributed by atoms with Crippen LogP contribution in [0.2, 0.25) is 0 Å². The molecule has 0 saturated carbocycles. The summed E-state index contributed by atoms with van der Waals surface area (Å²) in [4.78, 5) is 14.8. The summed E-state index contributed by atoms with van der Waals surface area (Å²) in [6, 6.07) is 20.1. The summed E-state index contributed by atoms with van der Waals surface area (Å²) in [5.74, 6) is 0.869. The Labute approximate surface area is 178 Å². The number of hydrogen-bond acceptors (Lipinski definition) is 3. The second-order valence-electron chi connectivity index (χ2n) is 7.97. The van der Waals surface area contributed by atoms with Gasteiger partial charge in [-0.25, -0.2) is 0 Å². The van der Waals surface area contributed by atoms with E-state index in [0.29, 0.717) is 12.2 Å². The number of benzene rings is 3. The van der Waals surface area contributed by atoms with Crippen LogP contribution < -0.4 is 10.1 Å². The first kappa shape index (κ1) is 20.3. The Bertz CT molecular complexity index is 1030. The molecule has 1 aliphatic heterocycles. The number of hydrogen-bond donors (Lipinski definition) is 1. The van der Waals surface area contributed by atoms with E-state index in [1.165, 1.54) is 25.7 Å². The van der Waals surface area contributed by atoms with Crippen LogP contribution in [0.25, 0.3) is 10.8 Å². The lowest BCUT2D eigenvalue weighted by Crippen LogP contribution is -2.40. The molecule has 0 radical (unpaired) electrons. The van der Waals surface area contributed by atoms with Gasteiger partial charge in [-0.15, -0.1) is 0 Å². The Morgan fingerprint density at radius 2 is 1.70 bits per heavy atom. The lowest BCUT2D eigenvalue weighted by atomic mass is 9.97. The minimum atomic E-state index is -0.284. The lowest BCUT2D eigenvalue weighted by Gasteiger charge is -2.36. The normalized spacial score (nSPS) is 15.7. The number of anilines is 1. The van der Waals surface area contributed by atoms with E-state index in [0.717, 1.165) is 34.2 Å². The van der Waals surface area contributed by atoms with Crippen LogP contribution in [0.15, 0.2) is 60.7 Å². The molecule has 30 heavy (non-hydrogen) atoms. The maximum atomic E-state index is 13.1. The van der Waals surface area contributed by atoms with Gasteiger partial charge in [0.1, 0.15) is 11.9 Å². The van der Waals surface area contributed by atoms with Gasteiger partial charge in [0.2, 0.25) is 0 Å². The summed E-state index contributed by atoms with van der Waals surface area (Å²) in [7, 11) is 1.85. The lowest BCUT2D eigenvalue weighted by molar-refractivity contribution is 0.0734. The number of amides is 1. The van der Waals surface area contributed by atoms with E-state index in [2.05, 4.69) is 30.4 Å². The zero-order valence-corrected chi connectivity index (χ0v) is 17.9. The van der Waals surface area contributed by atoms with E-state index >= 15 is 0 Å². The first-order valence-corrected chi connectivity index (χ1v) is 11.0. The molecule has 1 heterocycles. The summed E-state index contributed by atoms with van der Waals surface area (Å²) in [6.45, 7) is 2.92. The van der Waals surface area contributed by atoms with Crippen molar-refractivity contribution in [2.75, 3.05) is 19.0 Å². The Balaban J connectivity index is 1.67. The Hall–Kier alpha value is -3.01. The molecule has 0 bridgehead atoms. The van der Waals surface area contributed by atoms with Gasteiger partial charge < -0.3 is 15.0 Å². The molecule has 0 aromatic heterocycles. The topological polar surface area (TPSA) is 41.6 Å². The minimum absolute atomic E-state index is 0.0211. The molecule has 0 fully saturated rings. The van der Waals surface area contributed by atoms with Gasteiger partial charge in [0.15, 0.2) is 0 Å². The summed E-state index contributed by atoms with van der Waals surface area (Å²) in [5, 5.41) is 5.82. The number of nitrogens with zero attached hydrogens (tertiary/aromatic N) is 1. The molecule has 0 saturated heterocycles. The van der Waals surface area contributed by atoms with Crippen molar-refractivity contribution >= 4 is 22.4 Å². The second-order valence-corrected chi connectivity index (χ2v) is 7.97. The standard InChI is InChI=1S/C26H30N2O2/c1-3-4-5-6-11-18-30-23-17-16-19-12-7-8-13-20(19)24(23)25-27-22-15-10-9-14-21(22)26(29)28(25)2/h7-10,12-17,25,27H,3-6,11,18H2,1-2H3. The van der Waals surface area contributed by atoms with Gasteiger partial charge >= 0.3 is 0 Å². The molecular weight excluding hydrogens is 372 g/mol. The molecular formula is C26H30N2O2. The van der Waals surface area contributed by atoms with E-state index in [-0.39, 0.29) is 12.1 Å². The smallest absolute Gasteiger partial charge is 0.257 e. The quantitative estimate of drug-likeness (QED) is 0.444. The van der Waals surface area contributed by atoms with Gasteiger partial charge in [0, 0.05) is 18.3 Å². The van der Waals surface area contributed by atoms with E-state index in [9.17, 15) is 4.79 Å². The second kappa shape index (κ2) is 9.21. The van der Waals surface area contributed by atoms with Crippen molar-refractivity contribution in [3.05, 3.63) is 71.8 Å². The van der Waals surface area contributed by atoms with Crippen molar-refractivity contribution < 1.29 is 9.53 Å². The largest absolute Gasteiger partial charge is 0.493 e. The monoisotopic (exact) mass is 402 g/mol. The average molecular weight is 403 g/mol. The number of nitrogens with one attached hydrogen (secondary N) is 1. The predicted molar refractivity (Wildman–Crippen MR) is 123 cm³/mol. The van der Waals surface area contributed by atoms with Crippen molar-refractivity contribution in [3.8, 4) is 5.75 Å². The van der Waals surface area contributed by atoms with E-state index < -0.39 is 0 Å². The summed E-state index contributed by atoms with van der Waals surface area (Å²) >= 11 is 0. The number of rotatable bonds is 8. The number of fused-ring (bicyclic) bond motifs is 2. The molecule has 0 aliphatic carbocycles. The fourth-order valence-electron chi connectivity index (χ4n) is 4.18. The van der Waals surface area contributed by atoms with Gasteiger partial charge in [-0.05, 0) is 35.4 Å². The molecule has 3 aromatic carbocycles. The number of carbonyl (C=O) groups excluding carboxylic acids is 1. The first-order chi connectivity index (χ1) is 14.7. The third-order valence-electron chi connectivity index (χ3n) is 5.87. The summed E-state index contributed by atoms with van der Waals surface area (Å²) in [6.07, 6.45) is 5.72. The van der Waals surface area contributed by atoms with Gasteiger partial charge in [0.05, 0.1) is 12.2 Å². The highest BCUT2D eigenvalue weighted by Gasteiger charge is 2.32. The van der Waals surface area contributed by atoms with Crippen molar-refractivity contribution in [1.82, 2.24) is 4.90 Å². The fourth-order valence-corrected chi connectivity index (χ4v) is 4.18. The molecule has 1 unspecified atom stereocenters. The minimum Gasteiger partial charge on any atom is -0.493 e. The number of unbranched alkanes of at least 4 members (excludes halogenated alkanes) is 4. The van der Waals surface area contributed by atoms with Crippen LogP contribution in [-0.2, 0) is 0 Å². The average Bonchev–Trinajstić information content (AvgIpc) is 2.78. The molecule has 1 aliphatic rings. The van der Waals surface area contributed by atoms with Crippen LogP contribution in [0.3, 0.4) is 0 Å². The molecule has 4 nitrogen and oxygen atoms in total. The van der Waals surface area contributed by atoms with Crippen LogP contribution >= 0.6 is 0 Å². The number of ether oxygens (including phenoxy) is 1. The Morgan fingerprint density at radius 3 is 2.57 bits per heavy atom. The number of carbonyl (C=O) groups is 1. The molecule has 4 heteroatoms. The molecule has 0 spiro atoms. The van der Waals surface area contributed by atoms with E-state index in [1.807, 2.05) is 49.5 Å². The van der Waals surface area contributed by atoms with Crippen molar-refractivity contribution in [1.29, 1.82) is 0 Å². The molecule has 4 rings (SSSR count). The van der Waals surface area contributed by atoms with Crippen LogP contribution in [0, 0.1) is 0 Å². The third kappa shape index (κ3) is 4.00. The molecule has 1 amide bonds. The van der Waals surface area contributed by atoms with Crippen LogP contribution in [0.5, 0.6) is 5.75 Å². The first-order valence-electron chi connectivity index (χ1n) is 11.0. The van der Waals surface area contributed by atoms with E-state index in [4.69, 9.17) is 4.74 Å².